The molecule has 0 spiro atoms. The first-order valence-corrected chi connectivity index (χ1v) is 8.13. The number of amides is 2. The Morgan fingerprint density at radius 1 is 1.25 bits per heavy atom. The maximum absolute atomic E-state index is 11.7. The van der Waals surface area contributed by atoms with E-state index in [4.69, 9.17) is 9.47 Å². The average molecular weight is 357 g/mol. The van der Waals surface area contributed by atoms with Crippen LogP contribution in [0.1, 0.15) is 37.2 Å². The van der Waals surface area contributed by atoms with Crippen molar-refractivity contribution in [3.8, 4) is 0 Å². The van der Waals surface area contributed by atoms with Crippen LogP contribution in [0.25, 0.3) is 0 Å². The van der Waals surface area contributed by atoms with E-state index in [1.807, 2.05) is 0 Å². The molecule has 0 aliphatic carbocycles. The fourth-order valence-electron chi connectivity index (χ4n) is 1.53. The van der Waals surface area contributed by atoms with Crippen LogP contribution in [0, 0.1) is 0 Å². The minimum absolute atomic E-state index is 0.0128. The van der Waals surface area contributed by atoms with Crippen LogP contribution in [0.4, 0.5) is 5.13 Å². The van der Waals surface area contributed by atoms with Crippen LogP contribution >= 0.6 is 11.3 Å². The smallest absolute Gasteiger partial charge is 0.358 e. The van der Waals surface area contributed by atoms with Gasteiger partial charge < -0.3 is 20.1 Å². The number of nitrogens with one attached hydrogen (secondary N) is 2. The first-order chi connectivity index (χ1) is 11.4. The monoisotopic (exact) mass is 357 g/mol. The third kappa shape index (κ3) is 7.68. The van der Waals surface area contributed by atoms with Gasteiger partial charge in [-0.2, -0.15) is 0 Å². The van der Waals surface area contributed by atoms with Gasteiger partial charge in [-0.05, 0) is 13.3 Å². The molecular formula is C14H19N3O6S. The molecule has 0 fully saturated rings. The van der Waals surface area contributed by atoms with E-state index < -0.39 is 18.5 Å². The number of esters is 2. The summed E-state index contributed by atoms with van der Waals surface area (Å²) in [5.74, 6) is -1.86. The molecule has 0 radical (unpaired) electrons. The second-order valence-corrected chi connectivity index (χ2v) is 5.41. The van der Waals surface area contributed by atoms with Crippen molar-refractivity contribution >= 4 is 40.2 Å². The van der Waals surface area contributed by atoms with Gasteiger partial charge in [-0.3, -0.25) is 14.4 Å². The Bertz CT molecular complexity index is 601. The van der Waals surface area contributed by atoms with Gasteiger partial charge in [0.2, 0.25) is 5.91 Å². The van der Waals surface area contributed by atoms with Crippen molar-refractivity contribution in [1.29, 1.82) is 0 Å². The Hall–Kier alpha value is -2.49. The maximum atomic E-state index is 11.7. The van der Waals surface area contributed by atoms with Crippen molar-refractivity contribution in [2.24, 2.45) is 0 Å². The number of anilines is 1. The second kappa shape index (κ2) is 10.3. The van der Waals surface area contributed by atoms with Gasteiger partial charge in [0.25, 0.3) is 5.91 Å². The maximum Gasteiger partial charge on any atom is 0.358 e. The lowest BCUT2D eigenvalue weighted by Gasteiger charge is -2.05. The van der Waals surface area contributed by atoms with Gasteiger partial charge in [0.1, 0.15) is 0 Å². The van der Waals surface area contributed by atoms with Crippen molar-refractivity contribution in [3.63, 3.8) is 0 Å². The highest BCUT2D eigenvalue weighted by molar-refractivity contribution is 7.14. The lowest BCUT2D eigenvalue weighted by Crippen LogP contribution is -2.30. The summed E-state index contributed by atoms with van der Waals surface area (Å²) >= 11 is 1.08. The number of carbonyl (C=O) groups is 4. The van der Waals surface area contributed by atoms with Gasteiger partial charge in [-0.25, -0.2) is 9.78 Å². The van der Waals surface area contributed by atoms with E-state index in [1.165, 1.54) is 12.3 Å². The van der Waals surface area contributed by atoms with E-state index in [2.05, 4.69) is 15.6 Å². The summed E-state index contributed by atoms with van der Waals surface area (Å²) in [6.45, 7) is 3.19. The van der Waals surface area contributed by atoms with Crippen LogP contribution < -0.4 is 10.6 Å². The van der Waals surface area contributed by atoms with Gasteiger partial charge in [0, 0.05) is 25.3 Å². The molecule has 0 aliphatic heterocycles. The van der Waals surface area contributed by atoms with Gasteiger partial charge in [0.15, 0.2) is 17.4 Å². The number of nitrogens with zero attached hydrogens (tertiary/aromatic N) is 1. The molecule has 132 valence electrons. The minimum atomic E-state index is -0.760. The molecule has 10 heteroatoms. The molecule has 0 saturated heterocycles. The summed E-state index contributed by atoms with van der Waals surface area (Å²) in [6, 6.07) is 0. The lowest BCUT2D eigenvalue weighted by atomic mass is 10.3. The molecule has 9 nitrogen and oxygen atoms in total. The molecule has 1 aromatic rings. The minimum Gasteiger partial charge on any atom is -0.466 e. The van der Waals surface area contributed by atoms with Crippen LogP contribution in [0.3, 0.4) is 0 Å². The SMILES string of the molecule is CCOC(=O)CCCNC(=O)COC(=O)c1csc(NC(C)=O)n1. The standard InChI is InChI=1S/C14H19N3O6S/c1-3-22-12(20)5-4-6-15-11(19)7-23-13(21)10-8-24-14(17-10)16-9(2)18/h8H,3-7H2,1-2H3,(H,15,19)(H,16,17,18). The van der Waals surface area contributed by atoms with E-state index in [1.54, 1.807) is 6.92 Å². The van der Waals surface area contributed by atoms with Crippen LogP contribution in [0.2, 0.25) is 0 Å². The summed E-state index contributed by atoms with van der Waals surface area (Å²) in [5.41, 5.74) is 0.0128. The molecule has 1 aromatic heterocycles. The van der Waals surface area contributed by atoms with Crippen LogP contribution in [0.5, 0.6) is 0 Å². The highest BCUT2D eigenvalue weighted by atomic mass is 32.1. The summed E-state index contributed by atoms with van der Waals surface area (Å²) in [6.07, 6.45) is 0.642. The van der Waals surface area contributed by atoms with Crippen molar-refractivity contribution in [1.82, 2.24) is 10.3 Å². The number of ether oxygens (including phenoxy) is 2. The highest BCUT2D eigenvalue weighted by Crippen LogP contribution is 2.15. The lowest BCUT2D eigenvalue weighted by molar-refractivity contribution is -0.143. The predicted octanol–water partition coefficient (Wildman–Crippen LogP) is 0.718. The van der Waals surface area contributed by atoms with E-state index in [9.17, 15) is 19.2 Å². The number of thiazole rings is 1. The van der Waals surface area contributed by atoms with Crippen LogP contribution in [0.15, 0.2) is 5.38 Å². The average Bonchev–Trinajstić information content (AvgIpc) is 2.97. The molecule has 0 aromatic carbocycles. The van der Waals surface area contributed by atoms with Crippen LogP contribution in [-0.4, -0.2) is 48.5 Å². The van der Waals surface area contributed by atoms with E-state index in [0.29, 0.717) is 13.0 Å². The van der Waals surface area contributed by atoms with E-state index >= 15 is 0 Å². The second-order valence-electron chi connectivity index (χ2n) is 4.55. The topological polar surface area (TPSA) is 124 Å². The summed E-state index contributed by atoms with van der Waals surface area (Å²) in [7, 11) is 0. The zero-order chi connectivity index (χ0) is 17.9. The quantitative estimate of drug-likeness (QED) is 0.493. The van der Waals surface area contributed by atoms with Gasteiger partial charge in [-0.1, -0.05) is 0 Å². The fraction of sp³-hybridized carbons (Fsp3) is 0.500. The van der Waals surface area contributed by atoms with Gasteiger partial charge >= 0.3 is 11.9 Å². The van der Waals surface area contributed by atoms with Gasteiger partial charge in [0.05, 0.1) is 6.61 Å². The Balaban J connectivity index is 2.24. The van der Waals surface area contributed by atoms with Gasteiger partial charge in [-0.15, -0.1) is 11.3 Å². The number of carbonyl (C=O) groups excluding carboxylic acids is 4. The molecule has 0 unspecified atom stereocenters. The molecule has 0 atom stereocenters. The Labute approximate surface area is 142 Å². The molecule has 2 amide bonds. The van der Waals surface area contributed by atoms with Crippen molar-refractivity contribution in [2.45, 2.75) is 26.7 Å². The van der Waals surface area contributed by atoms with Crippen molar-refractivity contribution < 1.29 is 28.7 Å². The molecular weight excluding hydrogens is 338 g/mol. The number of hydrogen-bond acceptors (Lipinski definition) is 8. The Kier molecular flexibility index (Phi) is 8.41. The molecule has 2 N–H and O–H groups in total. The molecule has 1 rings (SSSR count). The molecule has 0 saturated carbocycles. The molecule has 1 heterocycles. The first kappa shape index (κ1) is 19.6. The number of rotatable bonds is 9. The first-order valence-electron chi connectivity index (χ1n) is 7.25. The molecule has 0 aliphatic rings. The zero-order valence-electron chi connectivity index (χ0n) is 13.4. The Morgan fingerprint density at radius 3 is 2.67 bits per heavy atom. The highest BCUT2D eigenvalue weighted by Gasteiger charge is 2.14. The summed E-state index contributed by atoms with van der Waals surface area (Å²) in [4.78, 5) is 49.1. The molecule has 0 bridgehead atoms. The predicted molar refractivity (Wildman–Crippen MR) is 85.6 cm³/mol. The Morgan fingerprint density at radius 2 is 2.00 bits per heavy atom. The summed E-state index contributed by atoms with van der Waals surface area (Å²) in [5, 5.41) is 6.66. The third-order valence-electron chi connectivity index (χ3n) is 2.52. The fourth-order valence-corrected chi connectivity index (χ4v) is 2.25. The normalized spacial score (nSPS) is 9.92. The third-order valence-corrected chi connectivity index (χ3v) is 3.27. The molecule has 24 heavy (non-hydrogen) atoms. The number of aromatic nitrogens is 1. The zero-order valence-corrected chi connectivity index (χ0v) is 14.2. The van der Waals surface area contributed by atoms with E-state index in [0.717, 1.165) is 11.3 Å². The number of hydrogen-bond donors (Lipinski definition) is 2. The van der Waals surface area contributed by atoms with E-state index in [-0.39, 0.29) is 35.7 Å². The van der Waals surface area contributed by atoms with Crippen LogP contribution in [-0.2, 0) is 23.9 Å². The van der Waals surface area contributed by atoms with Crippen molar-refractivity contribution in [2.75, 3.05) is 25.1 Å². The van der Waals surface area contributed by atoms with Crippen molar-refractivity contribution in [3.05, 3.63) is 11.1 Å². The summed E-state index contributed by atoms with van der Waals surface area (Å²) < 4.78 is 9.56. The largest absolute Gasteiger partial charge is 0.466 e.